The number of sulfonamides is 1. The number of fused-ring (bicyclic) bond motifs is 1. The number of benzene rings is 1. The molecule has 0 saturated carbocycles. The molecular weight excluding hydrogens is 499 g/mol. The Balaban J connectivity index is 1.71. The van der Waals surface area contributed by atoms with Crippen LogP contribution < -0.4 is 5.32 Å². The number of carbonyl (C=O) groups excluding carboxylic acids is 2. The zero-order chi connectivity index (χ0) is 26.3. The van der Waals surface area contributed by atoms with Gasteiger partial charge in [-0.2, -0.15) is 17.5 Å². The van der Waals surface area contributed by atoms with E-state index in [-0.39, 0.29) is 36.6 Å². The first-order chi connectivity index (χ1) is 16.9. The number of halogens is 3. The second-order valence-electron chi connectivity index (χ2n) is 8.86. The largest absolute Gasteiger partial charge is 0.416 e. The summed E-state index contributed by atoms with van der Waals surface area (Å²) in [6, 6.07) is 3.74. The van der Waals surface area contributed by atoms with E-state index < -0.39 is 27.7 Å². The zero-order valence-electron chi connectivity index (χ0n) is 19.6. The highest BCUT2D eigenvalue weighted by Gasteiger charge is 2.34. The zero-order valence-corrected chi connectivity index (χ0v) is 20.4. The Hall–Kier alpha value is -3.19. The van der Waals surface area contributed by atoms with Crippen LogP contribution in [0.3, 0.4) is 0 Å². The van der Waals surface area contributed by atoms with Crippen molar-refractivity contribution in [3.05, 3.63) is 59.4 Å². The molecule has 36 heavy (non-hydrogen) atoms. The van der Waals surface area contributed by atoms with Crippen molar-refractivity contribution in [2.45, 2.75) is 38.0 Å². The van der Waals surface area contributed by atoms with Crippen LogP contribution in [0.25, 0.3) is 0 Å². The summed E-state index contributed by atoms with van der Waals surface area (Å²) in [5, 5.41) is 2.63. The average molecular weight is 526 g/mol. The molecule has 9 nitrogen and oxygen atoms in total. The van der Waals surface area contributed by atoms with Crippen molar-refractivity contribution in [3.8, 4) is 0 Å². The Bertz CT molecular complexity index is 1310. The van der Waals surface area contributed by atoms with E-state index in [2.05, 4.69) is 16.9 Å². The molecule has 2 aromatic rings. The maximum atomic E-state index is 13.1. The van der Waals surface area contributed by atoms with E-state index in [4.69, 9.17) is 0 Å². The highest BCUT2D eigenvalue weighted by atomic mass is 32.2. The van der Waals surface area contributed by atoms with Crippen molar-refractivity contribution in [3.63, 3.8) is 0 Å². The summed E-state index contributed by atoms with van der Waals surface area (Å²) in [6.07, 6.45) is -0.674. The van der Waals surface area contributed by atoms with Gasteiger partial charge in [-0.15, -0.1) is 0 Å². The van der Waals surface area contributed by atoms with E-state index in [0.717, 1.165) is 24.5 Å². The molecule has 4 rings (SSSR count). The van der Waals surface area contributed by atoms with Crippen molar-refractivity contribution in [1.82, 2.24) is 18.8 Å². The number of alkyl halides is 3. The summed E-state index contributed by atoms with van der Waals surface area (Å²) in [5.74, 6) is -0.920. The van der Waals surface area contributed by atoms with Crippen LogP contribution in [-0.4, -0.2) is 64.9 Å². The van der Waals surface area contributed by atoms with Gasteiger partial charge in [0.15, 0.2) is 0 Å². The van der Waals surface area contributed by atoms with Crippen molar-refractivity contribution in [2.24, 2.45) is 0 Å². The van der Waals surface area contributed by atoms with E-state index in [1.165, 1.54) is 16.4 Å². The summed E-state index contributed by atoms with van der Waals surface area (Å²) >= 11 is 0. The normalized spacial score (nSPS) is 19.0. The van der Waals surface area contributed by atoms with Crippen LogP contribution in [-0.2, 0) is 34.0 Å². The van der Waals surface area contributed by atoms with Crippen molar-refractivity contribution in [1.29, 1.82) is 0 Å². The van der Waals surface area contributed by atoms with Crippen LogP contribution in [0, 0.1) is 0 Å². The second kappa shape index (κ2) is 9.69. The van der Waals surface area contributed by atoms with Crippen LogP contribution in [0.2, 0.25) is 0 Å². The highest BCUT2D eigenvalue weighted by molar-refractivity contribution is 7.88. The third kappa shape index (κ3) is 5.31. The van der Waals surface area contributed by atoms with Gasteiger partial charge in [-0.3, -0.25) is 14.9 Å². The smallest absolute Gasteiger partial charge is 0.337 e. The summed E-state index contributed by atoms with van der Waals surface area (Å²) < 4.78 is 66.9. The van der Waals surface area contributed by atoms with Gasteiger partial charge in [-0.1, -0.05) is 12.6 Å². The number of hydrogen-bond acceptors (Lipinski definition) is 5. The van der Waals surface area contributed by atoms with Gasteiger partial charge in [0.1, 0.15) is 0 Å². The Labute approximate surface area is 206 Å². The Morgan fingerprint density at radius 1 is 1.25 bits per heavy atom. The van der Waals surface area contributed by atoms with Crippen LogP contribution in [0.15, 0.2) is 36.9 Å². The summed E-state index contributed by atoms with van der Waals surface area (Å²) in [4.78, 5) is 31.4. The number of carbonyl (C=O) groups is 2. The number of piperidine rings is 1. The lowest BCUT2D eigenvalue weighted by Crippen LogP contribution is -2.41. The molecule has 0 bridgehead atoms. The van der Waals surface area contributed by atoms with Gasteiger partial charge < -0.3 is 9.47 Å². The molecule has 1 N–H and O–H groups in total. The van der Waals surface area contributed by atoms with Crippen LogP contribution >= 0.6 is 0 Å². The fourth-order valence-corrected chi connectivity index (χ4v) is 5.41. The predicted molar refractivity (Wildman–Crippen MR) is 126 cm³/mol. The van der Waals surface area contributed by atoms with Crippen LogP contribution in [0.4, 0.5) is 19.1 Å². The van der Waals surface area contributed by atoms with Gasteiger partial charge >= 0.3 is 6.18 Å². The molecule has 2 amide bonds. The van der Waals surface area contributed by atoms with Crippen molar-refractivity contribution in [2.75, 3.05) is 31.2 Å². The number of nitrogens with one attached hydrogen (secondary N) is 1. The van der Waals surface area contributed by atoms with Gasteiger partial charge in [-0.05, 0) is 37.1 Å². The van der Waals surface area contributed by atoms with Gasteiger partial charge in [0.25, 0.3) is 5.91 Å². The van der Waals surface area contributed by atoms with E-state index in [1.807, 2.05) is 0 Å². The molecule has 1 aromatic carbocycles. The minimum atomic E-state index is -4.60. The molecule has 2 aliphatic rings. The molecule has 0 spiro atoms. The molecule has 1 aromatic heterocycles. The lowest BCUT2D eigenvalue weighted by molar-refractivity contribution is -0.137. The second-order valence-corrected chi connectivity index (χ2v) is 10.8. The maximum Gasteiger partial charge on any atom is 0.416 e. The lowest BCUT2D eigenvalue weighted by atomic mass is 10.0. The molecule has 3 heterocycles. The number of nitrogens with zero attached hydrogens (tertiary/aromatic N) is 4. The van der Waals surface area contributed by atoms with Gasteiger partial charge in [0.2, 0.25) is 21.9 Å². The number of rotatable bonds is 5. The molecule has 0 radical (unpaired) electrons. The number of aromatic nitrogens is 2. The predicted octanol–water partition coefficient (Wildman–Crippen LogP) is 2.82. The van der Waals surface area contributed by atoms with E-state index in [0.29, 0.717) is 43.7 Å². The van der Waals surface area contributed by atoms with Crippen molar-refractivity contribution < 1.29 is 31.2 Å². The first kappa shape index (κ1) is 25.9. The van der Waals surface area contributed by atoms with E-state index >= 15 is 0 Å². The van der Waals surface area contributed by atoms with Crippen LogP contribution in [0.1, 0.15) is 46.2 Å². The van der Waals surface area contributed by atoms with Gasteiger partial charge in [0.05, 0.1) is 35.8 Å². The van der Waals surface area contributed by atoms with E-state index in [9.17, 15) is 31.2 Å². The van der Waals surface area contributed by atoms with E-state index in [1.54, 1.807) is 9.47 Å². The highest BCUT2D eigenvalue weighted by Crippen LogP contribution is 2.33. The molecule has 13 heteroatoms. The quantitative estimate of drug-likeness (QED) is 0.605. The summed E-state index contributed by atoms with van der Waals surface area (Å²) in [7, 11) is -3.50. The molecule has 1 saturated heterocycles. The molecule has 0 aliphatic carbocycles. The number of amides is 2. The standard InChI is InChI=1S/C23H26F3N5O4S/c1-3-20(32)29-10-5-8-17(13-29)31-19-14-30(36(2,34)35)11-9-18(19)27-22(31)28-21(33)15-6-4-7-16(12-15)23(24,25)26/h3-4,6-7,12,17H,1,5,8-11,13-14H2,2H3,(H,27,28,33). The monoisotopic (exact) mass is 525 g/mol. The number of anilines is 1. The Morgan fingerprint density at radius 2 is 2.00 bits per heavy atom. The Morgan fingerprint density at radius 3 is 2.67 bits per heavy atom. The third-order valence-corrected chi connectivity index (χ3v) is 7.66. The van der Waals surface area contributed by atoms with Gasteiger partial charge in [0, 0.05) is 31.6 Å². The number of imidazole rings is 1. The topological polar surface area (TPSA) is 105 Å². The maximum absolute atomic E-state index is 13.1. The fraction of sp³-hybridized carbons (Fsp3) is 0.435. The fourth-order valence-electron chi connectivity index (χ4n) is 4.63. The molecule has 1 atom stereocenters. The van der Waals surface area contributed by atoms with Crippen LogP contribution in [0.5, 0.6) is 0 Å². The first-order valence-electron chi connectivity index (χ1n) is 11.3. The number of likely N-dealkylation sites (tertiary alicyclic amines) is 1. The summed E-state index contributed by atoms with van der Waals surface area (Å²) in [6.45, 7) is 4.59. The third-order valence-electron chi connectivity index (χ3n) is 6.41. The first-order valence-corrected chi connectivity index (χ1v) is 13.2. The molecule has 2 aliphatic heterocycles. The van der Waals surface area contributed by atoms with Gasteiger partial charge in [-0.25, -0.2) is 13.4 Å². The molecule has 194 valence electrons. The number of hydrogen-bond donors (Lipinski definition) is 1. The molecule has 1 unspecified atom stereocenters. The molecular formula is C23H26F3N5O4S. The summed E-state index contributed by atoms with van der Waals surface area (Å²) in [5.41, 5.74) is 0.0417. The average Bonchev–Trinajstić information content (AvgIpc) is 3.19. The van der Waals surface area contributed by atoms with Crippen molar-refractivity contribution >= 4 is 27.8 Å². The lowest BCUT2D eigenvalue weighted by Gasteiger charge is -2.35. The Kier molecular flexibility index (Phi) is 6.97. The SMILES string of the molecule is C=CC(=O)N1CCCC(n2c(NC(=O)c3cccc(C(F)(F)F)c3)nc3c2CN(S(C)(=O)=O)CC3)C1. The minimum absolute atomic E-state index is 0.0342. The molecule has 1 fully saturated rings. The minimum Gasteiger partial charge on any atom is -0.337 e.